The van der Waals surface area contributed by atoms with Crippen molar-refractivity contribution in [2.75, 3.05) is 20.3 Å². The van der Waals surface area contributed by atoms with E-state index < -0.39 is 0 Å². The van der Waals surface area contributed by atoms with Crippen LogP contribution in [0.1, 0.15) is 27.0 Å². The van der Waals surface area contributed by atoms with Gasteiger partial charge in [0.15, 0.2) is 0 Å². The first-order valence-corrected chi connectivity index (χ1v) is 7.66. The van der Waals surface area contributed by atoms with Gasteiger partial charge in [-0.05, 0) is 31.0 Å². The number of hydrogen-bond donors (Lipinski definition) is 1. The van der Waals surface area contributed by atoms with Crippen molar-refractivity contribution >= 4 is 5.91 Å². The van der Waals surface area contributed by atoms with Crippen molar-refractivity contribution in [2.24, 2.45) is 0 Å². The second kappa shape index (κ2) is 7.79. The van der Waals surface area contributed by atoms with Gasteiger partial charge in [-0.2, -0.15) is 0 Å². The van der Waals surface area contributed by atoms with Gasteiger partial charge in [0.05, 0.1) is 13.7 Å². The molecule has 2 rings (SSSR count). The van der Waals surface area contributed by atoms with Crippen LogP contribution in [-0.4, -0.2) is 36.2 Å². The molecule has 122 valence electrons. The third-order valence-corrected chi connectivity index (χ3v) is 3.91. The van der Waals surface area contributed by atoms with Crippen LogP contribution in [0.3, 0.4) is 0 Å². The number of amides is 1. The average molecular weight is 313 g/mol. The number of nitrogens with zero attached hydrogens (tertiary/aromatic N) is 1. The van der Waals surface area contributed by atoms with Crippen LogP contribution in [0, 0.1) is 13.8 Å². The van der Waals surface area contributed by atoms with Gasteiger partial charge in [-0.1, -0.05) is 36.4 Å². The number of methoxy groups -OCH3 is 1. The van der Waals surface area contributed by atoms with Crippen LogP contribution >= 0.6 is 0 Å². The van der Waals surface area contributed by atoms with Crippen LogP contribution < -0.4 is 4.74 Å². The highest BCUT2D eigenvalue weighted by Crippen LogP contribution is 2.22. The SMILES string of the molecule is COc1ccccc1CN(CCO)C(=O)c1c(C)cccc1C. The summed E-state index contributed by atoms with van der Waals surface area (Å²) < 4.78 is 5.36. The first kappa shape index (κ1) is 17.0. The minimum atomic E-state index is -0.0776. The second-order valence-electron chi connectivity index (χ2n) is 5.53. The lowest BCUT2D eigenvalue weighted by atomic mass is 10.0. The molecule has 0 radical (unpaired) electrons. The molecule has 23 heavy (non-hydrogen) atoms. The molecule has 0 aliphatic heterocycles. The molecule has 0 unspecified atom stereocenters. The minimum Gasteiger partial charge on any atom is -0.496 e. The third-order valence-electron chi connectivity index (χ3n) is 3.91. The van der Waals surface area contributed by atoms with Crippen LogP contribution in [0.15, 0.2) is 42.5 Å². The van der Waals surface area contributed by atoms with E-state index in [0.29, 0.717) is 12.1 Å². The Morgan fingerprint density at radius 2 is 1.74 bits per heavy atom. The van der Waals surface area contributed by atoms with E-state index in [4.69, 9.17) is 4.74 Å². The van der Waals surface area contributed by atoms with E-state index in [1.54, 1.807) is 12.0 Å². The minimum absolute atomic E-state index is 0.0689. The molecule has 0 atom stereocenters. The summed E-state index contributed by atoms with van der Waals surface area (Å²) >= 11 is 0. The Hall–Kier alpha value is -2.33. The smallest absolute Gasteiger partial charge is 0.254 e. The Morgan fingerprint density at radius 1 is 1.09 bits per heavy atom. The van der Waals surface area contributed by atoms with Gasteiger partial charge in [0.2, 0.25) is 0 Å². The van der Waals surface area contributed by atoms with Gasteiger partial charge in [-0.3, -0.25) is 4.79 Å². The topological polar surface area (TPSA) is 49.8 Å². The summed E-state index contributed by atoms with van der Waals surface area (Å²) in [4.78, 5) is 14.6. The Bertz CT molecular complexity index is 662. The first-order valence-electron chi connectivity index (χ1n) is 7.66. The van der Waals surface area contributed by atoms with E-state index in [1.165, 1.54) is 0 Å². The molecule has 0 aliphatic rings. The molecule has 0 aromatic heterocycles. The average Bonchev–Trinajstić information content (AvgIpc) is 2.54. The van der Waals surface area contributed by atoms with Crippen LogP contribution in [0.25, 0.3) is 0 Å². The number of carbonyl (C=O) groups is 1. The summed E-state index contributed by atoms with van der Waals surface area (Å²) in [5.74, 6) is 0.672. The molecule has 2 aromatic carbocycles. The van der Waals surface area contributed by atoms with Crippen molar-refractivity contribution in [1.82, 2.24) is 4.90 Å². The maximum absolute atomic E-state index is 13.0. The third kappa shape index (κ3) is 3.90. The van der Waals surface area contributed by atoms with Crippen LogP contribution in [-0.2, 0) is 6.54 Å². The molecule has 0 aliphatic carbocycles. The van der Waals surface area contributed by atoms with E-state index in [2.05, 4.69) is 0 Å². The van der Waals surface area contributed by atoms with Gasteiger partial charge in [0, 0.05) is 24.2 Å². The van der Waals surface area contributed by atoms with E-state index >= 15 is 0 Å². The molecule has 0 bridgehead atoms. The van der Waals surface area contributed by atoms with Crippen molar-refractivity contribution in [3.8, 4) is 5.75 Å². The maximum Gasteiger partial charge on any atom is 0.254 e. The zero-order valence-electron chi connectivity index (χ0n) is 13.9. The maximum atomic E-state index is 13.0. The Morgan fingerprint density at radius 3 is 2.35 bits per heavy atom. The second-order valence-corrected chi connectivity index (χ2v) is 5.53. The Labute approximate surface area is 137 Å². The summed E-state index contributed by atoms with van der Waals surface area (Å²) in [5.41, 5.74) is 3.51. The molecule has 4 nitrogen and oxygen atoms in total. The number of ether oxygens (including phenoxy) is 1. The summed E-state index contributed by atoms with van der Waals surface area (Å²) in [7, 11) is 1.61. The van der Waals surface area contributed by atoms with Gasteiger partial charge >= 0.3 is 0 Å². The lowest BCUT2D eigenvalue weighted by Gasteiger charge is -2.24. The number of para-hydroxylation sites is 1. The molecule has 0 spiro atoms. The molecule has 0 saturated heterocycles. The van der Waals surface area contributed by atoms with Gasteiger partial charge in [-0.25, -0.2) is 0 Å². The monoisotopic (exact) mass is 313 g/mol. The molecular formula is C19H23NO3. The summed E-state index contributed by atoms with van der Waals surface area (Å²) in [6, 6.07) is 13.4. The molecule has 0 saturated carbocycles. The highest BCUT2D eigenvalue weighted by molar-refractivity contribution is 5.97. The number of aryl methyl sites for hydroxylation is 2. The number of hydrogen-bond acceptors (Lipinski definition) is 3. The number of carbonyl (C=O) groups excluding carboxylic acids is 1. The fourth-order valence-electron chi connectivity index (χ4n) is 2.72. The number of benzene rings is 2. The van der Waals surface area contributed by atoms with E-state index in [9.17, 15) is 9.90 Å². The quantitative estimate of drug-likeness (QED) is 0.892. The predicted octanol–water partition coefficient (Wildman–Crippen LogP) is 2.95. The Kier molecular flexibility index (Phi) is 5.77. The van der Waals surface area contributed by atoms with Crippen LogP contribution in [0.5, 0.6) is 5.75 Å². The highest BCUT2D eigenvalue weighted by Gasteiger charge is 2.20. The van der Waals surface area contributed by atoms with Crippen molar-refractivity contribution in [2.45, 2.75) is 20.4 Å². The van der Waals surface area contributed by atoms with Crippen LogP contribution in [0.4, 0.5) is 0 Å². The van der Waals surface area contributed by atoms with Crippen molar-refractivity contribution in [3.63, 3.8) is 0 Å². The highest BCUT2D eigenvalue weighted by atomic mass is 16.5. The zero-order chi connectivity index (χ0) is 16.8. The van der Waals surface area contributed by atoms with Crippen molar-refractivity contribution in [1.29, 1.82) is 0 Å². The standard InChI is InChI=1S/C19H23NO3/c1-14-7-6-8-15(2)18(14)19(22)20(11-12-21)13-16-9-4-5-10-17(16)23-3/h4-10,21H,11-13H2,1-3H3. The summed E-state index contributed by atoms with van der Waals surface area (Å²) in [6.45, 7) is 4.47. The predicted molar refractivity (Wildman–Crippen MR) is 90.7 cm³/mol. The summed E-state index contributed by atoms with van der Waals surface area (Å²) in [5, 5.41) is 9.35. The molecule has 0 fully saturated rings. The van der Waals surface area contributed by atoms with Gasteiger partial charge < -0.3 is 14.7 Å². The molecule has 2 aromatic rings. The van der Waals surface area contributed by atoms with E-state index in [-0.39, 0.29) is 19.1 Å². The van der Waals surface area contributed by atoms with Crippen LogP contribution in [0.2, 0.25) is 0 Å². The zero-order valence-corrected chi connectivity index (χ0v) is 13.9. The molecule has 0 heterocycles. The van der Waals surface area contributed by atoms with Gasteiger partial charge in [-0.15, -0.1) is 0 Å². The normalized spacial score (nSPS) is 10.4. The largest absolute Gasteiger partial charge is 0.496 e. The number of rotatable bonds is 6. The Balaban J connectivity index is 2.33. The van der Waals surface area contributed by atoms with Crippen molar-refractivity contribution in [3.05, 3.63) is 64.7 Å². The molecule has 1 N–H and O–H groups in total. The number of aliphatic hydroxyl groups excluding tert-OH is 1. The summed E-state index contributed by atoms with van der Waals surface area (Å²) in [6.07, 6.45) is 0. The van der Waals surface area contributed by atoms with Crippen molar-refractivity contribution < 1.29 is 14.6 Å². The number of aliphatic hydroxyl groups is 1. The lowest BCUT2D eigenvalue weighted by Crippen LogP contribution is -2.34. The molecule has 1 amide bonds. The first-order chi connectivity index (χ1) is 11.1. The van der Waals surface area contributed by atoms with Gasteiger partial charge in [0.1, 0.15) is 5.75 Å². The van der Waals surface area contributed by atoms with Gasteiger partial charge in [0.25, 0.3) is 5.91 Å². The fraction of sp³-hybridized carbons (Fsp3) is 0.316. The molecule has 4 heteroatoms. The fourth-order valence-corrected chi connectivity index (χ4v) is 2.72. The lowest BCUT2D eigenvalue weighted by molar-refractivity contribution is 0.0705. The van der Waals surface area contributed by atoms with E-state index in [1.807, 2.05) is 56.3 Å². The van der Waals surface area contributed by atoms with E-state index in [0.717, 1.165) is 22.4 Å². The molecular weight excluding hydrogens is 290 g/mol.